The smallest absolute Gasteiger partial charge is 0.228 e. The Kier molecular flexibility index (Phi) is 2.18. The molecule has 84 valence electrons. The largest absolute Gasteiger partial charge is 0.323 e. The van der Waals surface area contributed by atoms with Crippen molar-refractivity contribution in [2.24, 2.45) is 0 Å². The van der Waals surface area contributed by atoms with Gasteiger partial charge in [0.2, 0.25) is 5.91 Å². The molecule has 3 heteroatoms. The maximum absolute atomic E-state index is 13.7. The van der Waals surface area contributed by atoms with Crippen molar-refractivity contribution < 1.29 is 9.18 Å². The van der Waals surface area contributed by atoms with Crippen LogP contribution in [0.25, 0.3) is 11.1 Å². The van der Waals surface area contributed by atoms with Crippen LogP contribution >= 0.6 is 0 Å². The van der Waals surface area contributed by atoms with E-state index in [-0.39, 0.29) is 18.0 Å². The lowest BCUT2D eigenvalue weighted by Crippen LogP contribution is -2.13. The summed E-state index contributed by atoms with van der Waals surface area (Å²) in [4.78, 5) is 11.7. The van der Waals surface area contributed by atoms with Gasteiger partial charge in [-0.15, -0.1) is 0 Å². The Balaban J connectivity index is 2.33. The minimum atomic E-state index is -0.396. The number of amides is 1. The van der Waals surface area contributed by atoms with E-state index in [4.69, 9.17) is 0 Å². The summed E-state index contributed by atoms with van der Waals surface area (Å²) in [6.45, 7) is 0. The van der Waals surface area contributed by atoms with Gasteiger partial charge in [-0.05, 0) is 17.2 Å². The van der Waals surface area contributed by atoms with E-state index < -0.39 is 5.82 Å². The molecule has 2 aromatic carbocycles. The molecule has 2 nitrogen and oxygen atoms in total. The number of carbonyl (C=O) groups is 1. The third-order valence-electron chi connectivity index (χ3n) is 2.94. The highest BCUT2D eigenvalue weighted by Gasteiger charge is 2.20. The zero-order chi connectivity index (χ0) is 11.8. The van der Waals surface area contributed by atoms with Crippen LogP contribution in [0.2, 0.25) is 0 Å². The number of benzene rings is 2. The van der Waals surface area contributed by atoms with E-state index >= 15 is 0 Å². The van der Waals surface area contributed by atoms with Gasteiger partial charge in [-0.2, -0.15) is 0 Å². The van der Waals surface area contributed by atoms with E-state index in [9.17, 15) is 9.18 Å². The summed E-state index contributed by atoms with van der Waals surface area (Å²) in [5.74, 6) is -0.575. The maximum atomic E-state index is 13.7. The minimum absolute atomic E-state index is 0.179. The third-order valence-corrected chi connectivity index (χ3v) is 2.94. The molecule has 1 heterocycles. The summed E-state index contributed by atoms with van der Waals surface area (Å²) in [5, 5.41) is 2.62. The van der Waals surface area contributed by atoms with E-state index in [1.807, 2.05) is 30.3 Å². The van der Waals surface area contributed by atoms with E-state index in [0.717, 1.165) is 16.7 Å². The number of rotatable bonds is 0. The number of hydrogen-bond donors (Lipinski definition) is 1. The van der Waals surface area contributed by atoms with E-state index in [1.165, 1.54) is 6.07 Å². The molecule has 0 saturated heterocycles. The second-order valence-corrected chi connectivity index (χ2v) is 4.04. The molecule has 1 N–H and O–H groups in total. The van der Waals surface area contributed by atoms with Crippen LogP contribution in [0.3, 0.4) is 0 Å². The first-order chi connectivity index (χ1) is 8.25. The number of halogens is 1. The quantitative estimate of drug-likeness (QED) is 0.736. The van der Waals surface area contributed by atoms with E-state index in [1.54, 1.807) is 6.07 Å². The summed E-state index contributed by atoms with van der Waals surface area (Å²) in [6.07, 6.45) is 0.282. The summed E-state index contributed by atoms with van der Waals surface area (Å²) in [5.41, 5.74) is 2.86. The monoisotopic (exact) mass is 227 g/mol. The predicted molar refractivity (Wildman–Crippen MR) is 64.2 cm³/mol. The van der Waals surface area contributed by atoms with Crippen LogP contribution in [0.15, 0.2) is 42.5 Å². The van der Waals surface area contributed by atoms with E-state index in [2.05, 4.69) is 5.32 Å². The normalized spacial score (nSPS) is 13.4. The Bertz CT molecular complexity index is 607. The van der Waals surface area contributed by atoms with Gasteiger partial charge in [0.15, 0.2) is 0 Å². The maximum Gasteiger partial charge on any atom is 0.228 e. The molecule has 0 saturated carbocycles. The molecule has 0 radical (unpaired) electrons. The van der Waals surface area contributed by atoms with Gasteiger partial charge in [0.05, 0.1) is 12.1 Å². The van der Waals surface area contributed by atoms with Crippen LogP contribution in [0.5, 0.6) is 0 Å². The first kappa shape index (κ1) is 10.0. The van der Waals surface area contributed by atoms with E-state index in [0.29, 0.717) is 0 Å². The SMILES string of the molecule is O=C1Cc2ccccc2-c2cccc(F)c2N1. The molecular formula is C14H10FNO. The fourth-order valence-corrected chi connectivity index (χ4v) is 2.17. The lowest BCUT2D eigenvalue weighted by Gasteiger charge is -2.08. The Morgan fingerprint density at radius 1 is 1.00 bits per heavy atom. The Morgan fingerprint density at radius 2 is 1.76 bits per heavy atom. The van der Waals surface area contributed by atoms with Gasteiger partial charge in [-0.1, -0.05) is 36.4 Å². The van der Waals surface area contributed by atoms with Crippen molar-refractivity contribution in [3.63, 3.8) is 0 Å². The topological polar surface area (TPSA) is 29.1 Å². The second-order valence-electron chi connectivity index (χ2n) is 4.04. The fourth-order valence-electron chi connectivity index (χ4n) is 2.17. The zero-order valence-corrected chi connectivity index (χ0v) is 9.03. The van der Waals surface area contributed by atoms with Crippen molar-refractivity contribution in [2.45, 2.75) is 6.42 Å². The van der Waals surface area contributed by atoms with Gasteiger partial charge in [-0.3, -0.25) is 4.79 Å². The Morgan fingerprint density at radius 3 is 2.65 bits per heavy atom. The average molecular weight is 227 g/mol. The second kappa shape index (κ2) is 3.70. The first-order valence-electron chi connectivity index (χ1n) is 5.42. The minimum Gasteiger partial charge on any atom is -0.323 e. The summed E-state index contributed by atoms with van der Waals surface area (Å²) in [7, 11) is 0. The molecule has 1 aliphatic rings. The van der Waals surface area contributed by atoms with Crippen molar-refractivity contribution in [1.82, 2.24) is 0 Å². The highest BCUT2D eigenvalue weighted by atomic mass is 19.1. The highest BCUT2D eigenvalue weighted by molar-refractivity contribution is 6.00. The molecule has 1 aliphatic heterocycles. The zero-order valence-electron chi connectivity index (χ0n) is 9.03. The third kappa shape index (κ3) is 1.60. The summed E-state index contributed by atoms with van der Waals surface area (Å²) < 4.78 is 13.7. The highest BCUT2D eigenvalue weighted by Crippen LogP contribution is 2.35. The standard InChI is InChI=1S/C14H10FNO/c15-12-7-3-6-11-10-5-2-1-4-9(10)8-13(17)16-14(11)12/h1-7H,8H2,(H,16,17). The molecule has 0 aliphatic carbocycles. The molecule has 0 bridgehead atoms. The van der Waals surface area contributed by atoms with Crippen molar-refractivity contribution >= 4 is 11.6 Å². The van der Waals surface area contributed by atoms with Crippen molar-refractivity contribution in [3.05, 3.63) is 53.8 Å². The molecular weight excluding hydrogens is 217 g/mol. The molecule has 3 rings (SSSR count). The first-order valence-corrected chi connectivity index (χ1v) is 5.42. The number of nitrogens with one attached hydrogen (secondary N) is 1. The van der Waals surface area contributed by atoms with Crippen LogP contribution in [0.1, 0.15) is 5.56 Å². The van der Waals surface area contributed by atoms with Gasteiger partial charge in [0.25, 0.3) is 0 Å². The molecule has 17 heavy (non-hydrogen) atoms. The molecule has 2 aromatic rings. The van der Waals surface area contributed by atoms with Gasteiger partial charge in [0, 0.05) is 5.56 Å². The van der Waals surface area contributed by atoms with Crippen LogP contribution in [-0.2, 0) is 11.2 Å². The summed E-state index contributed by atoms with van der Waals surface area (Å²) >= 11 is 0. The lowest BCUT2D eigenvalue weighted by molar-refractivity contribution is -0.115. The molecule has 0 unspecified atom stereocenters. The van der Waals surface area contributed by atoms with Crippen LogP contribution in [0.4, 0.5) is 10.1 Å². The predicted octanol–water partition coefficient (Wildman–Crippen LogP) is 2.99. The van der Waals surface area contributed by atoms with Gasteiger partial charge in [-0.25, -0.2) is 4.39 Å². The lowest BCUT2D eigenvalue weighted by atomic mass is 9.98. The number of anilines is 1. The van der Waals surface area contributed by atoms with Crippen molar-refractivity contribution in [3.8, 4) is 11.1 Å². The van der Waals surface area contributed by atoms with Crippen molar-refractivity contribution in [1.29, 1.82) is 0 Å². The summed E-state index contributed by atoms with van der Waals surface area (Å²) in [6, 6.07) is 12.4. The number of fused-ring (bicyclic) bond motifs is 3. The van der Waals surface area contributed by atoms with Crippen LogP contribution in [0, 0.1) is 5.82 Å². The molecule has 0 spiro atoms. The number of para-hydroxylation sites is 1. The molecule has 1 amide bonds. The Hall–Kier alpha value is -2.16. The Labute approximate surface area is 98.1 Å². The van der Waals surface area contributed by atoms with Crippen LogP contribution in [-0.4, -0.2) is 5.91 Å². The van der Waals surface area contributed by atoms with Gasteiger partial charge in [0.1, 0.15) is 5.82 Å². The van der Waals surface area contributed by atoms with Gasteiger partial charge < -0.3 is 5.32 Å². The average Bonchev–Trinajstić information content (AvgIpc) is 2.46. The molecule has 0 atom stereocenters. The molecule has 0 aromatic heterocycles. The molecule has 0 fully saturated rings. The fraction of sp³-hybridized carbons (Fsp3) is 0.0714. The van der Waals surface area contributed by atoms with Crippen molar-refractivity contribution in [2.75, 3.05) is 5.32 Å². The number of carbonyl (C=O) groups excluding carboxylic acids is 1. The van der Waals surface area contributed by atoms with Gasteiger partial charge >= 0.3 is 0 Å². The number of hydrogen-bond acceptors (Lipinski definition) is 1. The van der Waals surface area contributed by atoms with Crippen LogP contribution < -0.4 is 5.32 Å².